The highest BCUT2D eigenvalue weighted by Gasteiger charge is 2.26. The van der Waals surface area contributed by atoms with Crippen molar-refractivity contribution in [2.75, 3.05) is 13.2 Å². The first-order valence-electron chi connectivity index (χ1n) is 13.1. The van der Waals surface area contributed by atoms with Crippen LogP contribution < -0.4 is 9.47 Å². The smallest absolute Gasteiger partial charge is 0.123 e. The fraction of sp³-hybridized carbons (Fsp3) is 0.786. The normalized spacial score (nSPS) is 27.0. The van der Waals surface area contributed by atoms with Gasteiger partial charge >= 0.3 is 0 Å². The van der Waals surface area contributed by atoms with Crippen molar-refractivity contribution in [2.24, 2.45) is 17.8 Å². The molecule has 0 bridgehead atoms. The molecule has 0 atom stereocenters. The van der Waals surface area contributed by atoms with Crippen molar-refractivity contribution >= 4 is 0 Å². The van der Waals surface area contributed by atoms with E-state index in [2.05, 4.69) is 39.0 Å². The Labute approximate surface area is 186 Å². The van der Waals surface area contributed by atoms with E-state index in [0.717, 1.165) is 48.9 Å². The zero-order valence-electron chi connectivity index (χ0n) is 20.0. The van der Waals surface area contributed by atoms with Gasteiger partial charge in [-0.15, -0.1) is 0 Å². The molecule has 0 radical (unpaired) electrons. The van der Waals surface area contributed by atoms with E-state index >= 15 is 0 Å². The zero-order chi connectivity index (χ0) is 21.2. The first kappa shape index (κ1) is 23.5. The molecule has 0 saturated heterocycles. The average Bonchev–Trinajstić information content (AvgIpc) is 2.78. The lowest BCUT2D eigenvalue weighted by atomic mass is 9.76. The van der Waals surface area contributed by atoms with E-state index in [0.29, 0.717) is 5.92 Å². The van der Waals surface area contributed by atoms with Crippen LogP contribution in [0.5, 0.6) is 11.5 Å². The molecule has 0 N–H and O–H groups in total. The van der Waals surface area contributed by atoms with Crippen molar-refractivity contribution in [3.05, 3.63) is 23.8 Å². The number of benzene rings is 1. The predicted molar refractivity (Wildman–Crippen MR) is 128 cm³/mol. The summed E-state index contributed by atoms with van der Waals surface area (Å²) in [5.74, 6) is 5.38. The summed E-state index contributed by atoms with van der Waals surface area (Å²) in [6.45, 7) is 8.55. The lowest BCUT2D eigenvalue weighted by Crippen LogP contribution is -2.20. The summed E-state index contributed by atoms with van der Waals surface area (Å²) >= 11 is 0. The number of rotatable bonds is 11. The molecule has 0 heterocycles. The van der Waals surface area contributed by atoms with E-state index in [1.807, 2.05) is 0 Å². The van der Waals surface area contributed by atoms with E-state index in [4.69, 9.17) is 9.47 Å². The SMILES string of the molecule is CCCCCC1CCC(c2cc(OCCC)ccc2OCC2CCC(C)CC2)CC1. The first-order valence-corrected chi connectivity index (χ1v) is 13.1. The summed E-state index contributed by atoms with van der Waals surface area (Å²) in [5, 5.41) is 0. The van der Waals surface area contributed by atoms with Crippen LogP contribution in [0.2, 0.25) is 0 Å². The molecule has 1 aromatic rings. The van der Waals surface area contributed by atoms with Crippen molar-refractivity contribution in [1.29, 1.82) is 0 Å². The molecule has 2 heteroatoms. The molecule has 0 aromatic heterocycles. The molecule has 3 rings (SSSR count). The van der Waals surface area contributed by atoms with Crippen molar-refractivity contribution in [3.8, 4) is 11.5 Å². The monoisotopic (exact) mass is 414 g/mol. The van der Waals surface area contributed by atoms with Gasteiger partial charge in [-0.05, 0) is 86.8 Å². The fourth-order valence-electron chi connectivity index (χ4n) is 5.44. The van der Waals surface area contributed by atoms with E-state index in [1.165, 1.54) is 82.6 Å². The summed E-state index contributed by atoms with van der Waals surface area (Å²) in [6, 6.07) is 6.61. The van der Waals surface area contributed by atoms with Gasteiger partial charge in [0, 0.05) is 5.56 Å². The molecule has 1 aromatic carbocycles. The number of hydrogen-bond acceptors (Lipinski definition) is 2. The van der Waals surface area contributed by atoms with Gasteiger partial charge in [-0.2, -0.15) is 0 Å². The van der Waals surface area contributed by atoms with Gasteiger partial charge in [0.1, 0.15) is 11.5 Å². The standard InChI is InChI=1S/C28H46O2/c1-4-6-7-8-23-13-15-25(16-14-23)27-20-26(29-19-5-2)17-18-28(27)30-21-24-11-9-22(3)10-12-24/h17-18,20,22-25H,4-16,19,21H2,1-3H3. The summed E-state index contributed by atoms with van der Waals surface area (Å²) in [4.78, 5) is 0. The molecule has 2 saturated carbocycles. The fourth-order valence-corrected chi connectivity index (χ4v) is 5.44. The van der Waals surface area contributed by atoms with E-state index in [9.17, 15) is 0 Å². The van der Waals surface area contributed by atoms with Gasteiger partial charge < -0.3 is 9.47 Å². The molecule has 30 heavy (non-hydrogen) atoms. The Morgan fingerprint density at radius 2 is 1.53 bits per heavy atom. The highest BCUT2D eigenvalue weighted by atomic mass is 16.5. The van der Waals surface area contributed by atoms with Crippen LogP contribution in [0.15, 0.2) is 18.2 Å². The van der Waals surface area contributed by atoms with Crippen molar-refractivity contribution in [3.63, 3.8) is 0 Å². The van der Waals surface area contributed by atoms with Crippen LogP contribution in [-0.4, -0.2) is 13.2 Å². The first-order chi connectivity index (χ1) is 14.7. The van der Waals surface area contributed by atoms with Crippen LogP contribution in [0.25, 0.3) is 0 Å². The molecule has 0 spiro atoms. The summed E-state index contributed by atoms with van der Waals surface area (Å²) in [6.07, 6.45) is 17.4. The number of hydrogen-bond donors (Lipinski definition) is 0. The van der Waals surface area contributed by atoms with Gasteiger partial charge in [0.15, 0.2) is 0 Å². The molecule has 0 amide bonds. The second-order valence-corrected chi connectivity index (χ2v) is 10.2. The maximum atomic E-state index is 6.48. The second kappa shape index (κ2) is 12.6. The maximum Gasteiger partial charge on any atom is 0.123 e. The lowest BCUT2D eigenvalue weighted by Gasteiger charge is -2.31. The van der Waals surface area contributed by atoms with Crippen LogP contribution >= 0.6 is 0 Å². The van der Waals surface area contributed by atoms with Crippen LogP contribution in [0.4, 0.5) is 0 Å². The highest BCUT2D eigenvalue weighted by molar-refractivity contribution is 5.43. The molecule has 170 valence electrons. The molecule has 2 aliphatic rings. The van der Waals surface area contributed by atoms with E-state index in [-0.39, 0.29) is 0 Å². The third-order valence-electron chi connectivity index (χ3n) is 7.57. The molecular weight excluding hydrogens is 368 g/mol. The molecule has 2 fully saturated rings. The van der Waals surface area contributed by atoms with Gasteiger partial charge in [0.05, 0.1) is 13.2 Å². The van der Waals surface area contributed by atoms with Gasteiger partial charge in [-0.3, -0.25) is 0 Å². The third-order valence-corrected chi connectivity index (χ3v) is 7.57. The van der Waals surface area contributed by atoms with Gasteiger partial charge in [-0.1, -0.05) is 59.3 Å². The van der Waals surface area contributed by atoms with Crippen LogP contribution in [-0.2, 0) is 0 Å². The predicted octanol–water partition coefficient (Wildman–Crippen LogP) is 8.53. The van der Waals surface area contributed by atoms with Gasteiger partial charge in [-0.25, -0.2) is 0 Å². The Morgan fingerprint density at radius 1 is 0.800 bits per heavy atom. The largest absolute Gasteiger partial charge is 0.494 e. The Kier molecular flexibility index (Phi) is 9.88. The van der Waals surface area contributed by atoms with Crippen molar-refractivity contribution in [1.82, 2.24) is 0 Å². The minimum Gasteiger partial charge on any atom is -0.494 e. The van der Waals surface area contributed by atoms with Crippen molar-refractivity contribution in [2.45, 2.75) is 110 Å². The summed E-state index contributed by atoms with van der Waals surface area (Å²) in [5.41, 5.74) is 1.42. The Balaban J connectivity index is 1.61. The number of ether oxygens (including phenoxy) is 2. The highest BCUT2D eigenvalue weighted by Crippen LogP contribution is 2.42. The molecular formula is C28H46O2. The minimum absolute atomic E-state index is 0.638. The Bertz CT molecular complexity index is 595. The lowest BCUT2D eigenvalue weighted by molar-refractivity contribution is 0.185. The molecule has 2 aliphatic carbocycles. The zero-order valence-corrected chi connectivity index (χ0v) is 20.0. The topological polar surface area (TPSA) is 18.5 Å². The summed E-state index contributed by atoms with van der Waals surface area (Å²) in [7, 11) is 0. The van der Waals surface area contributed by atoms with Crippen LogP contribution in [0.3, 0.4) is 0 Å². The quantitative estimate of drug-likeness (QED) is 0.338. The van der Waals surface area contributed by atoms with E-state index < -0.39 is 0 Å². The molecule has 0 unspecified atom stereocenters. The van der Waals surface area contributed by atoms with Gasteiger partial charge in [0.25, 0.3) is 0 Å². The van der Waals surface area contributed by atoms with Gasteiger partial charge in [0.2, 0.25) is 0 Å². The molecule has 2 nitrogen and oxygen atoms in total. The Morgan fingerprint density at radius 3 is 2.23 bits per heavy atom. The Hall–Kier alpha value is -1.18. The van der Waals surface area contributed by atoms with Crippen molar-refractivity contribution < 1.29 is 9.47 Å². The maximum absolute atomic E-state index is 6.48. The minimum atomic E-state index is 0.638. The molecule has 0 aliphatic heterocycles. The number of unbranched alkanes of at least 4 members (excludes halogenated alkanes) is 2. The second-order valence-electron chi connectivity index (χ2n) is 10.2. The summed E-state index contributed by atoms with van der Waals surface area (Å²) < 4.78 is 12.5. The van der Waals surface area contributed by atoms with Crippen LogP contribution in [0, 0.1) is 17.8 Å². The van der Waals surface area contributed by atoms with Crippen LogP contribution in [0.1, 0.15) is 116 Å². The average molecular weight is 415 g/mol. The van der Waals surface area contributed by atoms with E-state index in [1.54, 1.807) is 0 Å². The third kappa shape index (κ3) is 7.20.